The maximum atomic E-state index is 11.9. The van der Waals surface area contributed by atoms with E-state index < -0.39 is 0 Å². The van der Waals surface area contributed by atoms with Crippen molar-refractivity contribution in [1.82, 2.24) is 20.4 Å². The molecule has 4 rings (SSSR count). The first-order valence-electron chi connectivity index (χ1n) is 9.83. The summed E-state index contributed by atoms with van der Waals surface area (Å²) >= 11 is 3.18. The van der Waals surface area contributed by atoms with Crippen molar-refractivity contribution in [3.8, 4) is 10.7 Å². The standard InChI is InChI=1S/C21H22N4O3S2/c26-18(13-27-14-20-23-15-7-3-4-8-16(15)30-20)22-11-5-1-2-10-19-24-21(25-28-19)17-9-6-12-29-17/h3-4,6-9,12H,1-2,5,10-11,13-14H2,(H,22,26). The van der Waals surface area contributed by atoms with Crippen molar-refractivity contribution in [2.24, 2.45) is 0 Å². The summed E-state index contributed by atoms with van der Waals surface area (Å²) in [4.78, 5) is 21.8. The fraction of sp³-hybridized carbons (Fsp3) is 0.333. The molecule has 3 heterocycles. The lowest BCUT2D eigenvalue weighted by Gasteiger charge is -2.05. The lowest BCUT2D eigenvalue weighted by molar-refractivity contribution is -0.126. The van der Waals surface area contributed by atoms with Crippen molar-refractivity contribution < 1.29 is 14.1 Å². The predicted octanol–water partition coefficient (Wildman–Crippen LogP) is 4.45. The van der Waals surface area contributed by atoms with E-state index in [2.05, 4.69) is 20.4 Å². The maximum absolute atomic E-state index is 11.9. The zero-order valence-corrected chi connectivity index (χ0v) is 18.0. The highest BCUT2D eigenvalue weighted by Gasteiger charge is 2.09. The summed E-state index contributed by atoms with van der Waals surface area (Å²) in [5, 5.41) is 9.77. The Bertz CT molecular complexity index is 1040. The zero-order valence-electron chi connectivity index (χ0n) is 16.4. The molecule has 1 N–H and O–H groups in total. The van der Waals surface area contributed by atoms with Gasteiger partial charge in [0, 0.05) is 13.0 Å². The number of aryl methyl sites for hydroxylation is 1. The van der Waals surface area contributed by atoms with Gasteiger partial charge in [0.05, 0.1) is 21.7 Å². The van der Waals surface area contributed by atoms with E-state index in [4.69, 9.17) is 9.26 Å². The Kier molecular flexibility index (Phi) is 7.17. The number of nitrogens with zero attached hydrogens (tertiary/aromatic N) is 3. The number of nitrogens with one attached hydrogen (secondary N) is 1. The molecule has 1 amide bonds. The first-order chi connectivity index (χ1) is 14.8. The zero-order chi connectivity index (χ0) is 20.6. The number of hydrogen-bond donors (Lipinski definition) is 1. The Balaban J connectivity index is 1.06. The van der Waals surface area contributed by atoms with Gasteiger partial charge in [0.2, 0.25) is 17.6 Å². The van der Waals surface area contributed by atoms with Gasteiger partial charge in [0.1, 0.15) is 11.6 Å². The van der Waals surface area contributed by atoms with E-state index >= 15 is 0 Å². The SMILES string of the molecule is O=C(COCc1nc2ccccc2s1)NCCCCCc1nc(-c2cccs2)no1. The Hall–Kier alpha value is -2.62. The number of para-hydroxylation sites is 1. The van der Waals surface area contributed by atoms with Crippen LogP contribution in [0.1, 0.15) is 30.2 Å². The molecule has 1 aromatic carbocycles. The van der Waals surface area contributed by atoms with Gasteiger partial charge in [-0.1, -0.05) is 29.8 Å². The highest BCUT2D eigenvalue weighted by atomic mass is 32.1. The number of rotatable bonds is 11. The van der Waals surface area contributed by atoms with Crippen molar-refractivity contribution >= 4 is 38.8 Å². The van der Waals surface area contributed by atoms with Crippen molar-refractivity contribution in [2.45, 2.75) is 32.3 Å². The van der Waals surface area contributed by atoms with Gasteiger partial charge in [-0.05, 0) is 36.4 Å². The highest BCUT2D eigenvalue weighted by Crippen LogP contribution is 2.22. The number of thiophene rings is 1. The summed E-state index contributed by atoms with van der Waals surface area (Å²) in [6, 6.07) is 11.9. The number of fused-ring (bicyclic) bond motifs is 1. The fourth-order valence-electron chi connectivity index (χ4n) is 2.93. The van der Waals surface area contributed by atoms with E-state index in [1.54, 1.807) is 22.7 Å². The lowest BCUT2D eigenvalue weighted by Crippen LogP contribution is -2.28. The van der Waals surface area contributed by atoms with Crippen LogP contribution in [0.15, 0.2) is 46.3 Å². The predicted molar refractivity (Wildman–Crippen MR) is 117 cm³/mol. The molecule has 156 valence electrons. The third-order valence-electron chi connectivity index (χ3n) is 4.40. The van der Waals surface area contributed by atoms with Crippen LogP contribution in [0, 0.1) is 0 Å². The number of amides is 1. The molecule has 0 saturated carbocycles. The Morgan fingerprint density at radius 1 is 1.10 bits per heavy atom. The van der Waals surface area contributed by atoms with Gasteiger partial charge in [-0.2, -0.15) is 4.98 Å². The molecular weight excluding hydrogens is 420 g/mol. The average molecular weight is 443 g/mol. The van der Waals surface area contributed by atoms with Gasteiger partial charge >= 0.3 is 0 Å². The van der Waals surface area contributed by atoms with Gasteiger partial charge in [-0.25, -0.2) is 4.98 Å². The van der Waals surface area contributed by atoms with Gasteiger partial charge in [0.25, 0.3) is 0 Å². The van der Waals surface area contributed by atoms with Crippen LogP contribution < -0.4 is 5.32 Å². The topological polar surface area (TPSA) is 90.1 Å². The van der Waals surface area contributed by atoms with Crippen LogP contribution in [0.25, 0.3) is 20.9 Å². The Morgan fingerprint density at radius 3 is 2.90 bits per heavy atom. The number of carbonyl (C=O) groups excluding carboxylic acids is 1. The molecule has 3 aromatic heterocycles. The molecule has 0 aliphatic heterocycles. The van der Waals surface area contributed by atoms with Crippen LogP contribution in [-0.2, 0) is 22.6 Å². The van der Waals surface area contributed by atoms with E-state index in [1.165, 1.54) is 0 Å². The van der Waals surface area contributed by atoms with Crippen LogP contribution >= 0.6 is 22.7 Å². The molecule has 0 fully saturated rings. The minimum absolute atomic E-state index is 0.0450. The van der Waals surface area contributed by atoms with Crippen LogP contribution in [0.3, 0.4) is 0 Å². The number of hydrogen-bond acceptors (Lipinski definition) is 8. The van der Waals surface area contributed by atoms with E-state index in [9.17, 15) is 4.79 Å². The molecule has 0 atom stereocenters. The molecule has 0 spiro atoms. The quantitative estimate of drug-likeness (QED) is 0.345. The highest BCUT2D eigenvalue weighted by molar-refractivity contribution is 7.18. The largest absolute Gasteiger partial charge is 0.364 e. The van der Waals surface area contributed by atoms with Crippen LogP contribution in [-0.4, -0.2) is 34.2 Å². The summed E-state index contributed by atoms with van der Waals surface area (Å²) in [5.74, 6) is 1.21. The number of benzene rings is 1. The third kappa shape index (κ3) is 5.71. The van der Waals surface area contributed by atoms with Crippen LogP contribution in [0.2, 0.25) is 0 Å². The normalized spacial score (nSPS) is 11.2. The van der Waals surface area contributed by atoms with Crippen LogP contribution in [0.5, 0.6) is 0 Å². The smallest absolute Gasteiger partial charge is 0.246 e. The first kappa shape index (κ1) is 20.6. The molecule has 0 radical (unpaired) electrons. The Morgan fingerprint density at radius 2 is 2.03 bits per heavy atom. The second kappa shape index (κ2) is 10.4. The van der Waals surface area contributed by atoms with Crippen LogP contribution in [0.4, 0.5) is 0 Å². The number of ether oxygens (including phenoxy) is 1. The van der Waals surface area contributed by atoms with E-state index in [0.29, 0.717) is 24.9 Å². The molecule has 30 heavy (non-hydrogen) atoms. The van der Waals surface area contributed by atoms with Crippen molar-refractivity contribution in [2.75, 3.05) is 13.2 Å². The summed E-state index contributed by atoms with van der Waals surface area (Å²) in [7, 11) is 0. The molecule has 0 bridgehead atoms. The molecule has 0 saturated heterocycles. The number of unbranched alkanes of at least 4 members (excludes halogenated alkanes) is 2. The summed E-state index contributed by atoms with van der Waals surface area (Å²) in [5.41, 5.74) is 0.967. The molecule has 4 aromatic rings. The summed E-state index contributed by atoms with van der Waals surface area (Å²) in [6.45, 7) is 1.03. The molecule has 0 aliphatic carbocycles. The molecule has 0 aliphatic rings. The van der Waals surface area contributed by atoms with Gasteiger partial charge in [-0.15, -0.1) is 22.7 Å². The summed E-state index contributed by atoms with van der Waals surface area (Å²) < 4.78 is 11.9. The van der Waals surface area contributed by atoms with Gasteiger partial charge in [0.15, 0.2) is 0 Å². The van der Waals surface area contributed by atoms with Gasteiger partial charge in [-0.3, -0.25) is 4.79 Å². The van der Waals surface area contributed by atoms with Crippen molar-refractivity contribution in [1.29, 1.82) is 0 Å². The average Bonchev–Trinajstić information content (AvgIpc) is 3.50. The van der Waals surface area contributed by atoms with Gasteiger partial charge < -0.3 is 14.6 Å². The van der Waals surface area contributed by atoms with E-state index in [-0.39, 0.29) is 12.5 Å². The number of aromatic nitrogens is 3. The lowest BCUT2D eigenvalue weighted by atomic mass is 10.2. The molecule has 0 unspecified atom stereocenters. The summed E-state index contributed by atoms with van der Waals surface area (Å²) in [6.07, 6.45) is 3.56. The molecular formula is C21H22N4O3S2. The number of thiazole rings is 1. The third-order valence-corrected chi connectivity index (χ3v) is 6.27. The van der Waals surface area contributed by atoms with E-state index in [0.717, 1.165) is 45.8 Å². The maximum Gasteiger partial charge on any atom is 0.246 e. The second-order valence-electron chi connectivity index (χ2n) is 6.72. The van der Waals surface area contributed by atoms with Crippen molar-refractivity contribution in [3.05, 3.63) is 52.7 Å². The minimum Gasteiger partial charge on any atom is -0.364 e. The second-order valence-corrected chi connectivity index (χ2v) is 8.78. The van der Waals surface area contributed by atoms with E-state index in [1.807, 2.05) is 41.8 Å². The monoisotopic (exact) mass is 442 g/mol. The molecule has 7 nitrogen and oxygen atoms in total. The van der Waals surface area contributed by atoms with Crippen molar-refractivity contribution in [3.63, 3.8) is 0 Å². The minimum atomic E-state index is -0.103. The Labute approximate surface area is 182 Å². The fourth-order valence-corrected chi connectivity index (χ4v) is 4.49. The first-order valence-corrected chi connectivity index (χ1v) is 11.5. The molecule has 9 heteroatoms. The number of carbonyl (C=O) groups is 1.